The van der Waals surface area contributed by atoms with Crippen LogP contribution in [0.15, 0.2) is 54.6 Å². The van der Waals surface area contributed by atoms with Gasteiger partial charge in [0.1, 0.15) is 5.75 Å². The van der Waals surface area contributed by atoms with Crippen molar-refractivity contribution < 1.29 is 19.4 Å². The van der Waals surface area contributed by atoms with Crippen LogP contribution in [0, 0.1) is 0 Å². The van der Waals surface area contributed by atoms with E-state index in [1.165, 1.54) is 6.08 Å². The highest BCUT2D eigenvalue weighted by Crippen LogP contribution is 2.20. The maximum atomic E-state index is 11.8. The Morgan fingerprint density at radius 1 is 1.13 bits per heavy atom. The molecular formula is C17H13ClNO4-. The van der Waals surface area contributed by atoms with Gasteiger partial charge in [0, 0.05) is 0 Å². The number of halogens is 1. The summed E-state index contributed by atoms with van der Waals surface area (Å²) in [4.78, 5) is 22.1. The molecule has 2 aromatic rings. The molecule has 1 amide bonds. The zero-order valence-corrected chi connectivity index (χ0v) is 12.7. The lowest BCUT2D eigenvalue weighted by molar-refractivity contribution is -0.297. The van der Waals surface area contributed by atoms with Gasteiger partial charge in [0.2, 0.25) is 0 Å². The number of carboxylic acids is 1. The van der Waals surface area contributed by atoms with E-state index in [4.69, 9.17) is 16.3 Å². The van der Waals surface area contributed by atoms with Gasteiger partial charge in [0.05, 0.1) is 16.7 Å². The number of carbonyl (C=O) groups is 2. The van der Waals surface area contributed by atoms with E-state index < -0.39 is 5.97 Å². The molecule has 0 unspecified atom stereocenters. The van der Waals surface area contributed by atoms with E-state index in [0.717, 1.165) is 6.08 Å². The molecule has 6 heteroatoms. The van der Waals surface area contributed by atoms with Crippen molar-refractivity contribution >= 4 is 35.2 Å². The van der Waals surface area contributed by atoms with Gasteiger partial charge in [-0.05, 0) is 35.9 Å². The zero-order chi connectivity index (χ0) is 16.7. The third-order valence-corrected chi connectivity index (χ3v) is 3.14. The molecular weight excluding hydrogens is 318 g/mol. The van der Waals surface area contributed by atoms with Crippen LogP contribution in [0.5, 0.6) is 5.75 Å². The van der Waals surface area contributed by atoms with Crippen molar-refractivity contribution in [2.75, 3.05) is 11.9 Å². The van der Waals surface area contributed by atoms with Crippen LogP contribution in [-0.4, -0.2) is 18.5 Å². The largest absolute Gasteiger partial charge is 0.545 e. The number of carbonyl (C=O) groups excluding carboxylic acids is 2. The van der Waals surface area contributed by atoms with Crippen molar-refractivity contribution in [1.29, 1.82) is 0 Å². The zero-order valence-electron chi connectivity index (χ0n) is 12.0. The summed E-state index contributed by atoms with van der Waals surface area (Å²) in [5.74, 6) is -1.11. The van der Waals surface area contributed by atoms with Crippen molar-refractivity contribution in [3.8, 4) is 5.75 Å². The third-order valence-electron chi connectivity index (χ3n) is 2.81. The number of amides is 1. The second-order valence-electron chi connectivity index (χ2n) is 4.54. The maximum Gasteiger partial charge on any atom is 0.262 e. The Morgan fingerprint density at radius 3 is 2.48 bits per heavy atom. The molecule has 2 rings (SSSR count). The average Bonchev–Trinajstić information content (AvgIpc) is 2.54. The first-order chi connectivity index (χ1) is 11.0. The number of para-hydroxylation sites is 1. The molecule has 1 N–H and O–H groups in total. The fraction of sp³-hybridized carbons (Fsp3) is 0.0588. The quantitative estimate of drug-likeness (QED) is 0.823. The molecule has 0 aliphatic heterocycles. The minimum absolute atomic E-state index is 0.167. The highest BCUT2D eigenvalue weighted by Gasteiger charge is 2.06. The van der Waals surface area contributed by atoms with Crippen molar-refractivity contribution in [3.63, 3.8) is 0 Å². The van der Waals surface area contributed by atoms with Crippen LogP contribution < -0.4 is 15.2 Å². The van der Waals surface area contributed by atoms with Crippen molar-refractivity contribution in [3.05, 3.63) is 65.2 Å². The summed E-state index contributed by atoms with van der Waals surface area (Å²) in [5.41, 5.74) is 1.20. The standard InChI is InChI=1S/C17H14ClNO4/c18-14-3-1-2-4-15(14)19-16(20)11-23-13-8-5-12(6-9-13)7-10-17(21)22/h1-10H,11H2,(H,19,20)(H,21,22)/p-1/b10-7+. The smallest absolute Gasteiger partial charge is 0.262 e. The second kappa shape index (κ2) is 8.00. The fourth-order valence-electron chi connectivity index (χ4n) is 1.74. The maximum absolute atomic E-state index is 11.8. The predicted molar refractivity (Wildman–Crippen MR) is 86.1 cm³/mol. The number of aliphatic carboxylic acids is 1. The minimum atomic E-state index is -1.26. The number of benzene rings is 2. The minimum Gasteiger partial charge on any atom is -0.545 e. The Hall–Kier alpha value is -2.79. The summed E-state index contributed by atoms with van der Waals surface area (Å²) in [6, 6.07) is 13.5. The average molecular weight is 331 g/mol. The molecule has 0 saturated carbocycles. The molecule has 0 radical (unpaired) electrons. The topological polar surface area (TPSA) is 78.5 Å². The first kappa shape index (κ1) is 16.6. The molecule has 0 aliphatic rings. The van der Waals surface area contributed by atoms with E-state index in [2.05, 4.69) is 5.32 Å². The lowest BCUT2D eigenvalue weighted by atomic mass is 10.2. The summed E-state index contributed by atoms with van der Waals surface area (Å²) < 4.78 is 5.35. The fourth-order valence-corrected chi connectivity index (χ4v) is 1.92. The normalized spacial score (nSPS) is 10.5. The van der Waals surface area contributed by atoms with Crippen LogP contribution in [0.1, 0.15) is 5.56 Å². The second-order valence-corrected chi connectivity index (χ2v) is 4.95. The molecule has 5 nitrogen and oxygen atoms in total. The first-order valence-corrected chi connectivity index (χ1v) is 7.09. The number of anilines is 1. The van der Waals surface area contributed by atoms with Gasteiger partial charge < -0.3 is 20.0 Å². The first-order valence-electron chi connectivity index (χ1n) is 6.71. The summed E-state index contributed by atoms with van der Waals surface area (Å²) in [6.45, 7) is -0.167. The van der Waals surface area contributed by atoms with Crippen LogP contribution in [-0.2, 0) is 9.59 Å². The summed E-state index contributed by atoms with van der Waals surface area (Å²) in [5, 5.41) is 13.4. The highest BCUT2D eigenvalue weighted by atomic mass is 35.5. The van der Waals surface area contributed by atoms with Gasteiger partial charge in [-0.1, -0.05) is 41.9 Å². The molecule has 0 bridgehead atoms. The monoisotopic (exact) mass is 330 g/mol. The number of carboxylic acid groups (broad SMARTS) is 1. The van der Waals surface area contributed by atoms with Gasteiger partial charge in [0.25, 0.3) is 5.91 Å². The molecule has 0 spiro atoms. The lowest BCUT2D eigenvalue weighted by Crippen LogP contribution is -2.20. The number of rotatable bonds is 6. The van der Waals surface area contributed by atoms with Crippen LogP contribution in [0.3, 0.4) is 0 Å². The van der Waals surface area contributed by atoms with Crippen LogP contribution in [0.4, 0.5) is 5.69 Å². The molecule has 0 aliphatic carbocycles. The molecule has 0 fully saturated rings. The van der Waals surface area contributed by atoms with Gasteiger partial charge >= 0.3 is 0 Å². The number of ether oxygens (including phenoxy) is 1. The molecule has 118 valence electrons. The highest BCUT2D eigenvalue weighted by molar-refractivity contribution is 6.33. The summed E-state index contributed by atoms with van der Waals surface area (Å²) >= 11 is 5.95. The van der Waals surface area contributed by atoms with Crippen LogP contribution in [0.25, 0.3) is 6.08 Å². The molecule has 0 heterocycles. The van der Waals surface area contributed by atoms with E-state index in [1.807, 2.05) is 0 Å². The van der Waals surface area contributed by atoms with E-state index in [0.29, 0.717) is 22.0 Å². The number of hydrogen-bond donors (Lipinski definition) is 1. The van der Waals surface area contributed by atoms with Gasteiger partial charge in [-0.15, -0.1) is 0 Å². The molecule has 0 atom stereocenters. The summed E-state index contributed by atoms with van der Waals surface area (Å²) in [7, 11) is 0. The van der Waals surface area contributed by atoms with E-state index in [1.54, 1.807) is 48.5 Å². The van der Waals surface area contributed by atoms with Gasteiger partial charge in [0.15, 0.2) is 6.61 Å². The van der Waals surface area contributed by atoms with E-state index in [9.17, 15) is 14.7 Å². The van der Waals surface area contributed by atoms with Crippen LogP contribution >= 0.6 is 11.6 Å². The predicted octanol–water partition coefficient (Wildman–Crippen LogP) is 2.12. The number of hydrogen-bond acceptors (Lipinski definition) is 4. The lowest BCUT2D eigenvalue weighted by Gasteiger charge is -2.08. The van der Waals surface area contributed by atoms with Crippen molar-refractivity contribution in [2.45, 2.75) is 0 Å². The Labute approximate surface area is 138 Å². The summed E-state index contributed by atoms with van der Waals surface area (Å²) in [6.07, 6.45) is 2.34. The Bertz CT molecular complexity index is 726. The Balaban J connectivity index is 1.87. The third kappa shape index (κ3) is 5.48. The van der Waals surface area contributed by atoms with Crippen molar-refractivity contribution in [1.82, 2.24) is 0 Å². The van der Waals surface area contributed by atoms with E-state index >= 15 is 0 Å². The SMILES string of the molecule is O=C([O-])/C=C/c1ccc(OCC(=O)Nc2ccccc2Cl)cc1. The molecule has 0 saturated heterocycles. The van der Waals surface area contributed by atoms with Crippen LogP contribution in [0.2, 0.25) is 5.02 Å². The van der Waals surface area contributed by atoms with Gasteiger partial charge in [-0.3, -0.25) is 4.79 Å². The van der Waals surface area contributed by atoms with Gasteiger partial charge in [-0.25, -0.2) is 0 Å². The van der Waals surface area contributed by atoms with Crippen molar-refractivity contribution in [2.24, 2.45) is 0 Å². The molecule has 23 heavy (non-hydrogen) atoms. The number of nitrogens with one attached hydrogen (secondary N) is 1. The Morgan fingerprint density at radius 2 is 1.83 bits per heavy atom. The molecule has 0 aromatic heterocycles. The molecule has 2 aromatic carbocycles. The van der Waals surface area contributed by atoms with Gasteiger partial charge in [-0.2, -0.15) is 0 Å². The Kier molecular flexibility index (Phi) is 5.77. The van der Waals surface area contributed by atoms with E-state index in [-0.39, 0.29) is 12.5 Å².